The highest BCUT2D eigenvalue weighted by molar-refractivity contribution is 7.89. The molecule has 156 valence electrons. The van der Waals surface area contributed by atoms with E-state index in [9.17, 15) is 13.2 Å². The number of nitrogens with zero attached hydrogens (tertiary/aromatic N) is 3. The number of hydrogen-bond donors (Lipinski definition) is 1. The Hall–Kier alpha value is -3.01. The molecule has 0 saturated carbocycles. The predicted octanol–water partition coefficient (Wildman–Crippen LogP) is 1.98. The first-order valence-corrected chi connectivity index (χ1v) is 11.0. The average molecular weight is 426 g/mol. The Bertz CT molecular complexity index is 1120. The molecule has 0 aromatic heterocycles. The molecule has 9 heteroatoms. The number of carbonyl (C=O) groups excluding carboxylic acids is 1. The van der Waals surface area contributed by atoms with Gasteiger partial charge in [-0.15, -0.1) is 0 Å². The lowest BCUT2D eigenvalue weighted by Crippen LogP contribution is -2.36. The molecule has 2 aliphatic heterocycles. The highest BCUT2D eigenvalue weighted by atomic mass is 32.2. The van der Waals surface area contributed by atoms with E-state index in [1.165, 1.54) is 29.3 Å². The SMILES string of the molecule is CC1=NN(c2ccc(S(N)(=O)=O)cc2)C(=O)C1=Cc1ccc(N2CCOCC2)cc1. The highest BCUT2D eigenvalue weighted by Crippen LogP contribution is 2.26. The first-order chi connectivity index (χ1) is 14.3. The zero-order chi connectivity index (χ0) is 21.3. The van der Waals surface area contributed by atoms with E-state index in [1.807, 2.05) is 30.3 Å². The fourth-order valence-electron chi connectivity index (χ4n) is 3.41. The Morgan fingerprint density at radius 2 is 1.60 bits per heavy atom. The Balaban J connectivity index is 1.53. The number of nitrogens with two attached hydrogens (primary N) is 1. The van der Waals surface area contributed by atoms with Crippen LogP contribution < -0.4 is 15.0 Å². The van der Waals surface area contributed by atoms with Crippen molar-refractivity contribution >= 4 is 39.1 Å². The van der Waals surface area contributed by atoms with Crippen molar-refractivity contribution in [3.8, 4) is 0 Å². The number of hydrazone groups is 1. The summed E-state index contributed by atoms with van der Waals surface area (Å²) in [6.45, 7) is 4.95. The molecule has 2 aromatic rings. The fourth-order valence-corrected chi connectivity index (χ4v) is 3.92. The molecule has 2 N–H and O–H groups in total. The van der Waals surface area contributed by atoms with Crippen LogP contribution in [0.4, 0.5) is 11.4 Å². The third kappa shape index (κ3) is 4.13. The van der Waals surface area contributed by atoms with Crippen molar-refractivity contribution in [3.05, 3.63) is 59.7 Å². The van der Waals surface area contributed by atoms with Gasteiger partial charge in [-0.1, -0.05) is 12.1 Å². The van der Waals surface area contributed by atoms with Gasteiger partial charge < -0.3 is 9.64 Å². The maximum absolute atomic E-state index is 12.9. The third-order valence-corrected chi connectivity index (χ3v) is 5.98. The summed E-state index contributed by atoms with van der Waals surface area (Å²) in [5, 5.41) is 10.7. The Kier molecular flexibility index (Phi) is 5.42. The van der Waals surface area contributed by atoms with Crippen LogP contribution in [0.1, 0.15) is 12.5 Å². The maximum Gasteiger partial charge on any atom is 0.280 e. The number of anilines is 2. The molecule has 0 aliphatic carbocycles. The van der Waals surface area contributed by atoms with E-state index < -0.39 is 10.0 Å². The van der Waals surface area contributed by atoms with Crippen molar-refractivity contribution < 1.29 is 17.9 Å². The van der Waals surface area contributed by atoms with E-state index in [1.54, 1.807) is 6.92 Å². The lowest BCUT2D eigenvalue weighted by Gasteiger charge is -2.28. The van der Waals surface area contributed by atoms with Crippen LogP contribution in [0.5, 0.6) is 0 Å². The summed E-state index contributed by atoms with van der Waals surface area (Å²) in [5.41, 5.74) is 3.58. The number of rotatable bonds is 4. The van der Waals surface area contributed by atoms with E-state index in [4.69, 9.17) is 9.88 Å². The van der Waals surface area contributed by atoms with Gasteiger partial charge in [0.05, 0.1) is 35.1 Å². The van der Waals surface area contributed by atoms with Gasteiger partial charge in [-0.3, -0.25) is 4.79 Å². The fraction of sp³-hybridized carbons (Fsp3) is 0.238. The molecule has 2 heterocycles. The molecule has 1 fully saturated rings. The molecular formula is C21H22N4O4S. The van der Waals surface area contributed by atoms with Crippen molar-refractivity contribution in [2.24, 2.45) is 10.2 Å². The molecule has 0 spiro atoms. The van der Waals surface area contributed by atoms with Gasteiger partial charge in [-0.25, -0.2) is 13.6 Å². The molecule has 8 nitrogen and oxygen atoms in total. The Morgan fingerprint density at radius 1 is 1.00 bits per heavy atom. The Labute approximate surface area is 175 Å². The Morgan fingerprint density at radius 3 is 2.20 bits per heavy atom. The number of primary sulfonamides is 1. The summed E-state index contributed by atoms with van der Waals surface area (Å²) in [6.07, 6.45) is 1.81. The first kappa shape index (κ1) is 20.3. The van der Waals surface area contributed by atoms with Gasteiger partial charge in [0.25, 0.3) is 5.91 Å². The zero-order valence-electron chi connectivity index (χ0n) is 16.5. The molecule has 0 unspecified atom stereocenters. The molecule has 0 atom stereocenters. The van der Waals surface area contributed by atoms with Crippen LogP contribution in [-0.4, -0.2) is 46.3 Å². The average Bonchev–Trinajstić information content (AvgIpc) is 3.03. The number of amides is 1. The largest absolute Gasteiger partial charge is 0.378 e. The normalized spacial score (nSPS) is 18.8. The van der Waals surface area contributed by atoms with Crippen molar-refractivity contribution in [1.82, 2.24) is 0 Å². The van der Waals surface area contributed by atoms with Crippen molar-refractivity contribution in [1.29, 1.82) is 0 Å². The summed E-state index contributed by atoms with van der Waals surface area (Å²) < 4.78 is 28.2. The van der Waals surface area contributed by atoms with Gasteiger partial charge in [0.1, 0.15) is 0 Å². The standard InChI is InChI=1S/C21H22N4O4S/c1-15-20(14-16-2-4-17(5-3-16)24-10-12-29-13-11-24)21(26)25(23-15)18-6-8-19(9-7-18)30(22,27)28/h2-9,14H,10-13H2,1H3,(H2,22,27,28). The highest BCUT2D eigenvalue weighted by Gasteiger charge is 2.28. The van der Waals surface area contributed by atoms with Gasteiger partial charge in [-0.2, -0.15) is 10.1 Å². The van der Waals surface area contributed by atoms with Crippen LogP contribution in [0.25, 0.3) is 6.08 Å². The van der Waals surface area contributed by atoms with E-state index in [0.29, 0.717) is 17.0 Å². The molecule has 0 bridgehead atoms. The van der Waals surface area contributed by atoms with Crippen molar-refractivity contribution in [3.63, 3.8) is 0 Å². The molecule has 0 radical (unpaired) electrons. The van der Waals surface area contributed by atoms with Crippen LogP contribution in [0.15, 0.2) is 64.1 Å². The van der Waals surface area contributed by atoms with Crippen molar-refractivity contribution in [2.75, 3.05) is 36.2 Å². The van der Waals surface area contributed by atoms with E-state index >= 15 is 0 Å². The van der Waals surface area contributed by atoms with Gasteiger partial charge in [0.15, 0.2) is 0 Å². The molecule has 2 aliphatic rings. The molecule has 4 rings (SSSR count). The summed E-state index contributed by atoms with van der Waals surface area (Å²) >= 11 is 0. The van der Waals surface area contributed by atoms with Gasteiger partial charge in [0, 0.05) is 18.8 Å². The van der Waals surface area contributed by atoms with Gasteiger partial charge in [-0.05, 0) is 55.0 Å². The molecule has 1 saturated heterocycles. The van der Waals surface area contributed by atoms with Gasteiger partial charge >= 0.3 is 0 Å². The minimum atomic E-state index is -3.79. The summed E-state index contributed by atoms with van der Waals surface area (Å²) in [6, 6.07) is 13.7. The number of ether oxygens (including phenoxy) is 1. The summed E-state index contributed by atoms with van der Waals surface area (Å²) in [7, 11) is -3.79. The number of morpholine rings is 1. The lowest BCUT2D eigenvalue weighted by atomic mass is 10.1. The van der Waals surface area contributed by atoms with Crippen LogP contribution in [-0.2, 0) is 19.6 Å². The number of sulfonamides is 1. The smallest absolute Gasteiger partial charge is 0.280 e. The summed E-state index contributed by atoms with van der Waals surface area (Å²) in [4.78, 5) is 15.1. The van der Waals surface area contributed by atoms with E-state index in [-0.39, 0.29) is 10.8 Å². The lowest BCUT2D eigenvalue weighted by molar-refractivity contribution is -0.114. The predicted molar refractivity (Wildman–Crippen MR) is 116 cm³/mol. The number of benzene rings is 2. The first-order valence-electron chi connectivity index (χ1n) is 9.50. The molecule has 30 heavy (non-hydrogen) atoms. The second-order valence-corrected chi connectivity index (χ2v) is 8.65. The van der Waals surface area contributed by atoms with Crippen LogP contribution in [0.2, 0.25) is 0 Å². The maximum atomic E-state index is 12.9. The molecule has 2 aromatic carbocycles. The van der Waals surface area contributed by atoms with Crippen molar-refractivity contribution in [2.45, 2.75) is 11.8 Å². The second-order valence-electron chi connectivity index (χ2n) is 7.09. The van der Waals surface area contributed by atoms with E-state index in [2.05, 4.69) is 10.0 Å². The van der Waals surface area contributed by atoms with Crippen LogP contribution in [0, 0.1) is 0 Å². The van der Waals surface area contributed by atoms with Crippen LogP contribution >= 0.6 is 0 Å². The topological polar surface area (TPSA) is 105 Å². The zero-order valence-corrected chi connectivity index (χ0v) is 17.3. The molecule has 1 amide bonds. The summed E-state index contributed by atoms with van der Waals surface area (Å²) in [5.74, 6) is -0.270. The minimum Gasteiger partial charge on any atom is -0.378 e. The quantitative estimate of drug-likeness (QED) is 0.753. The minimum absolute atomic E-state index is 0.0188. The van der Waals surface area contributed by atoms with Crippen LogP contribution in [0.3, 0.4) is 0 Å². The molecular weight excluding hydrogens is 404 g/mol. The third-order valence-electron chi connectivity index (χ3n) is 5.05. The van der Waals surface area contributed by atoms with Gasteiger partial charge in [0.2, 0.25) is 10.0 Å². The monoisotopic (exact) mass is 426 g/mol. The number of carbonyl (C=O) groups is 1. The van der Waals surface area contributed by atoms with E-state index in [0.717, 1.165) is 37.6 Å². The second kappa shape index (κ2) is 8.02. The number of hydrogen-bond acceptors (Lipinski definition) is 6.